The van der Waals surface area contributed by atoms with Crippen molar-refractivity contribution in [3.63, 3.8) is 0 Å². The molecular weight excluding hydrogens is 274 g/mol. The van der Waals surface area contributed by atoms with Crippen LogP contribution in [0.25, 0.3) is 0 Å². The largest absolute Gasteiger partial charge is 0.370 e. The number of hydrogen-bond donors (Lipinski definition) is 1. The van der Waals surface area contributed by atoms with Crippen LogP contribution in [-0.2, 0) is 6.42 Å². The molecule has 0 spiro atoms. The van der Waals surface area contributed by atoms with Gasteiger partial charge in [-0.1, -0.05) is 6.07 Å². The summed E-state index contributed by atoms with van der Waals surface area (Å²) in [5, 5.41) is 6.39. The Morgan fingerprint density at radius 1 is 1.40 bits per heavy atom. The summed E-state index contributed by atoms with van der Waals surface area (Å²) in [6, 6.07) is 5.82. The Hall–Kier alpha value is -0.940. The van der Waals surface area contributed by atoms with Crippen LogP contribution in [0.4, 0.5) is 5.82 Å². The monoisotopic (exact) mass is 283 g/mol. The lowest BCUT2D eigenvalue weighted by atomic mass is 10.4. The number of nitrogens with zero attached hydrogens (tertiary/aromatic N) is 2. The maximum Gasteiger partial charge on any atom is 0.127 e. The van der Waals surface area contributed by atoms with Gasteiger partial charge in [-0.25, -0.2) is 9.97 Å². The van der Waals surface area contributed by atoms with E-state index in [0.717, 1.165) is 28.4 Å². The highest BCUT2D eigenvalue weighted by Gasteiger charge is 1.97. The van der Waals surface area contributed by atoms with Crippen molar-refractivity contribution in [3.05, 3.63) is 39.4 Å². The molecule has 0 saturated heterocycles. The van der Waals surface area contributed by atoms with Crippen LogP contribution in [-0.4, -0.2) is 16.5 Å². The van der Waals surface area contributed by atoms with E-state index in [-0.39, 0.29) is 0 Å². The fourth-order valence-electron chi connectivity index (χ4n) is 1.18. The molecule has 3 nitrogen and oxygen atoms in total. The van der Waals surface area contributed by atoms with Crippen molar-refractivity contribution in [2.24, 2.45) is 0 Å². The maximum atomic E-state index is 4.28. The summed E-state index contributed by atoms with van der Waals surface area (Å²) < 4.78 is 0.849. The third kappa shape index (κ3) is 3.28. The van der Waals surface area contributed by atoms with E-state index in [2.05, 4.69) is 31.2 Å². The molecule has 0 fully saturated rings. The van der Waals surface area contributed by atoms with E-state index in [1.165, 1.54) is 0 Å². The second kappa shape index (κ2) is 5.23. The first-order valence-corrected chi connectivity index (χ1v) is 6.26. The number of rotatable bonds is 4. The Kier molecular flexibility index (Phi) is 3.69. The van der Waals surface area contributed by atoms with Gasteiger partial charge in [0, 0.05) is 24.5 Å². The van der Waals surface area contributed by atoms with Gasteiger partial charge in [-0.15, -0.1) is 11.3 Å². The minimum absolute atomic E-state index is 0.849. The van der Waals surface area contributed by atoms with Gasteiger partial charge in [0.1, 0.15) is 10.4 Å². The zero-order valence-electron chi connectivity index (χ0n) is 7.98. The van der Waals surface area contributed by atoms with Crippen LogP contribution in [0.5, 0.6) is 0 Å². The molecule has 2 aromatic rings. The summed E-state index contributed by atoms with van der Waals surface area (Å²) in [5.41, 5.74) is 0. The highest BCUT2D eigenvalue weighted by molar-refractivity contribution is 9.10. The molecule has 0 radical (unpaired) electrons. The van der Waals surface area contributed by atoms with Crippen LogP contribution in [0.15, 0.2) is 34.4 Å². The normalized spacial score (nSPS) is 10.2. The molecule has 0 unspecified atom stereocenters. The minimum Gasteiger partial charge on any atom is -0.370 e. The van der Waals surface area contributed by atoms with Crippen LogP contribution in [0.3, 0.4) is 0 Å². The van der Waals surface area contributed by atoms with E-state index in [1.807, 2.05) is 29.8 Å². The zero-order valence-corrected chi connectivity index (χ0v) is 10.4. The Morgan fingerprint density at radius 3 is 3.07 bits per heavy atom. The van der Waals surface area contributed by atoms with Gasteiger partial charge in [0.2, 0.25) is 0 Å². The molecule has 0 atom stereocenters. The summed E-state index contributed by atoms with van der Waals surface area (Å²) in [6.07, 6.45) is 2.77. The smallest absolute Gasteiger partial charge is 0.127 e. The van der Waals surface area contributed by atoms with Crippen LogP contribution in [0.2, 0.25) is 0 Å². The van der Waals surface area contributed by atoms with Crippen molar-refractivity contribution in [1.29, 1.82) is 0 Å². The van der Waals surface area contributed by atoms with Crippen molar-refractivity contribution in [1.82, 2.24) is 9.97 Å². The molecule has 0 aliphatic carbocycles. The number of aromatic nitrogens is 2. The van der Waals surface area contributed by atoms with Gasteiger partial charge in [0.25, 0.3) is 0 Å². The van der Waals surface area contributed by atoms with Crippen LogP contribution >= 0.6 is 27.3 Å². The molecule has 0 bridgehead atoms. The Bertz CT molecular complexity index is 416. The van der Waals surface area contributed by atoms with Gasteiger partial charge in [-0.05, 0) is 28.1 Å². The van der Waals surface area contributed by atoms with Gasteiger partial charge >= 0.3 is 0 Å². The van der Waals surface area contributed by atoms with Crippen LogP contribution < -0.4 is 5.32 Å². The molecule has 5 heteroatoms. The molecule has 2 heterocycles. The van der Waals surface area contributed by atoms with Crippen molar-refractivity contribution < 1.29 is 0 Å². The standard InChI is InChI=1S/C10H10BrN3S/c11-8-2-1-3-9(14-8)12-5-4-10-13-6-7-15-10/h1-3,6-7H,4-5H2,(H,12,14). The van der Waals surface area contributed by atoms with E-state index in [0.29, 0.717) is 0 Å². The first-order chi connectivity index (χ1) is 7.34. The summed E-state index contributed by atoms with van der Waals surface area (Å²) >= 11 is 5.01. The summed E-state index contributed by atoms with van der Waals surface area (Å²) in [7, 11) is 0. The molecule has 2 aromatic heterocycles. The number of halogens is 1. The second-order valence-corrected chi connectivity index (χ2v) is 4.74. The fourth-order valence-corrected chi connectivity index (χ4v) is 2.14. The third-order valence-corrected chi connectivity index (χ3v) is 3.12. The Labute approximate surface area is 101 Å². The van der Waals surface area contributed by atoms with Crippen molar-refractivity contribution in [2.75, 3.05) is 11.9 Å². The number of nitrogens with one attached hydrogen (secondary N) is 1. The zero-order chi connectivity index (χ0) is 10.5. The van der Waals surface area contributed by atoms with Gasteiger partial charge < -0.3 is 5.32 Å². The Morgan fingerprint density at radius 2 is 2.33 bits per heavy atom. The molecule has 0 saturated carbocycles. The molecule has 78 valence electrons. The number of hydrogen-bond acceptors (Lipinski definition) is 4. The van der Waals surface area contributed by atoms with Crippen molar-refractivity contribution in [3.8, 4) is 0 Å². The molecular formula is C10H10BrN3S. The highest BCUT2D eigenvalue weighted by Crippen LogP contribution is 2.10. The van der Waals surface area contributed by atoms with E-state index in [4.69, 9.17) is 0 Å². The van der Waals surface area contributed by atoms with Crippen LogP contribution in [0, 0.1) is 0 Å². The van der Waals surface area contributed by atoms with Gasteiger partial charge in [-0.2, -0.15) is 0 Å². The quantitative estimate of drug-likeness (QED) is 0.877. The number of thiazole rings is 1. The van der Waals surface area contributed by atoms with E-state index in [1.54, 1.807) is 11.3 Å². The van der Waals surface area contributed by atoms with Gasteiger partial charge in [0.15, 0.2) is 0 Å². The molecule has 0 amide bonds. The highest BCUT2D eigenvalue weighted by atomic mass is 79.9. The first kappa shape index (κ1) is 10.6. The van der Waals surface area contributed by atoms with E-state index in [9.17, 15) is 0 Å². The molecule has 2 rings (SSSR count). The van der Waals surface area contributed by atoms with Crippen LogP contribution in [0.1, 0.15) is 5.01 Å². The van der Waals surface area contributed by atoms with Gasteiger partial charge in [0.05, 0.1) is 5.01 Å². The maximum absolute atomic E-state index is 4.28. The minimum atomic E-state index is 0.849. The Balaban J connectivity index is 1.83. The van der Waals surface area contributed by atoms with E-state index < -0.39 is 0 Å². The lowest BCUT2D eigenvalue weighted by Gasteiger charge is -2.03. The summed E-state index contributed by atoms with van der Waals surface area (Å²) in [4.78, 5) is 8.49. The fraction of sp³-hybridized carbons (Fsp3) is 0.200. The molecule has 0 aliphatic heterocycles. The lowest BCUT2D eigenvalue weighted by Crippen LogP contribution is -2.05. The topological polar surface area (TPSA) is 37.8 Å². The number of anilines is 1. The van der Waals surface area contributed by atoms with Gasteiger partial charge in [-0.3, -0.25) is 0 Å². The molecule has 0 aromatic carbocycles. The first-order valence-electron chi connectivity index (χ1n) is 4.59. The third-order valence-electron chi connectivity index (χ3n) is 1.84. The average Bonchev–Trinajstić information content (AvgIpc) is 2.71. The average molecular weight is 284 g/mol. The lowest BCUT2D eigenvalue weighted by molar-refractivity contribution is 0.986. The SMILES string of the molecule is Brc1cccc(NCCc2nccs2)n1. The second-order valence-electron chi connectivity index (χ2n) is 2.95. The summed E-state index contributed by atoms with van der Waals surface area (Å²) in [6.45, 7) is 0.858. The molecule has 0 aliphatic rings. The molecule has 15 heavy (non-hydrogen) atoms. The van der Waals surface area contributed by atoms with Crippen molar-refractivity contribution >= 4 is 33.1 Å². The van der Waals surface area contributed by atoms with Crippen molar-refractivity contribution in [2.45, 2.75) is 6.42 Å². The summed E-state index contributed by atoms with van der Waals surface area (Å²) in [5.74, 6) is 0.890. The number of pyridine rings is 1. The van der Waals surface area contributed by atoms with E-state index >= 15 is 0 Å². The predicted molar refractivity (Wildman–Crippen MR) is 66.2 cm³/mol. The molecule has 1 N–H and O–H groups in total. The predicted octanol–water partition coefficient (Wildman–Crippen LogP) is 2.96.